The number of hydrogen-bond donors (Lipinski definition) is 4. The number of anilines is 4. The Labute approximate surface area is 118 Å². The van der Waals surface area contributed by atoms with Gasteiger partial charge in [-0.05, 0) is 6.42 Å². The summed E-state index contributed by atoms with van der Waals surface area (Å²) in [5.41, 5.74) is 11.0. The number of nitrogens with one attached hydrogen (secondary N) is 2. The Bertz CT molecular complexity index is 593. The lowest BCUT2D eigenvalue weighted by Gasteiger charge is -2.05. The number of amides is 1. The Hall–Kier alpha value is -2.49. The molecule has 0 bridgehead atoms. The Morgan fingerprint density at radius 3 is 2.60 bits per heavy atom. The lowest BCUT2D eigenvalue weighted by atomic mass is 10.5. The number of nitrogens with zero attached hydrogens (tertiary/aromatic N) is 4. The third-order valence-corrected chi connectivity index (χ3v) is 3.17. The predicted octanol–water partition coefficient (Wildman–Crippen LogP) is 0.105. The summed E-state index contributed by atoms with van der Waals surface area (Å²) in [5, 5.41) is 14.4. The van der Waals surface area contributed by atoms with Crippen LogP contribution in [0, 0.1) is 0 Å². The van der Waals surface area contributed by atoms with Crippen molar-refractivity contribution in [2.45, 2.75) is 13.3 Å². The van der Waals surface area contributed by atoms with Crippen molar-refractivity contribution in [2.75, 3.05) is 28.6 Å². The minimum Gasteiger partial charge on any atom is -0.383 e. The van der Waals surface area contributed by atoms with Gasteiger partial charge in [-0.15, -0.1) is 10.2 Å². The van der Waals surface area contributed by atoms with Gasteiger partial charge in [-0.25, -0.2) is 0 Å². The number of rotatable bonds is 5. The third-order valence-electron chi connectivity index (χ3n) is 2.19. The summed E-state index contributed by atoms with van der Waals surface area (Å²) in [7, 11) is 0. The van der Waals surface area contributed by atoms with Crippen molar-refractivity contribution >= 4 is 40.0 Å². The van der Waals surface area contributed by atoms with Gasteiger partial charge in [-0.2, -0.15) is 9.97 Å². The van der Waals surface area contributed by atoms with Crippen molar-refractivity contribution < 1.29 is 4.79 Å². The maximum atomic E-state index is 11.7. The van der Waals surface area contributed by atoms with E-state index in [1.54, 1.807) is 0 Å². The largest absolute Gasteiger partial charge is 0.383 e. The fourth-order valence-corrected chi connectivity index (χ4v) is 2.03. The molecule has 0 saturated carbocycles. The van der Waals surface area contributed by atoms with E-state index in [-0.39, 0.29) is 30.0 Å². The van der Waals surface area contributed by atoms with Gasteiger partial charge in [0.05, 0.1) is 6.54 Å². The van der Waals surface area contributed by atoms with E-state index in [2.05, 4.69) is 30.8 Å². The number of nitrogen functional groups attached to an aromatic ring is 2. The fourth-order valence-electron chi connectivity index (χ4n) is 1.33. The molecule has 1 amide bonds. The number of hydrogen-bond acceptors (Lipinski definition) is 9. The Morgan fingerprint density at radius 1 is 1.30 bits per heavy atom. The minimum absolute atomic E-state index is 0.0239. The summed E-state index contributed by atoms with van der Waals surface area (Å²) in [5.74, 6) is 0.381. The number of aryl methyl sites for hydroxylation is 1. The number of nitrogens with two attached hydrogens (primary N) is 2. The highest BCUT2D eigenvalue weighted by Gasteiger charge is 2.08. The molecule has 0 aliphatic carbocycles. The van der Waals surface area contributed by atoms with Crippen molar-refractivity contribution in [1.29, 1.82) is 0 Å². The molecule has 0 aliphatic rings. The molecule has 0 radical (unpaired) electrons. The molecule has 9 nitrogen and oxygen atoms in total. The third kappa shape index (κ3) is 3.75. The average Bonchev–Trinajstić information content (AvgIpc) is 2.83. The first-order chi connectivity index (χ1) is 9.56. The van der Waals surface area contributed by atoms with Gasteiger partial charge in [0.2, 0.25) is 17.0 Å². The van der Waals surface area contributed by atoms with Gasteiger partial charge in [0.15, 0.2) is 0 Å². The minimum atomic E-state index is -0.284. The molecule has 6 N–H and O–H groups in total. The molecule has 20 heavy (non-hydrogen) atoms. The van der Waals surface area contributed by atoms with Gasteiger partial charge < -0.3 is 16.8 Å². The van der Waals surface area contributed by atoms with Crippen LogP contribution in [0.2, 0.25) is 0 Å². The van der Waals surface area contributed by atoms with E-state index in [1.165, 1.54) is 17.4 Å². The standard InChI is InChI=1S/C10H14N8OS/c1-2-8-17-18-10(20-8)16-7(19)4-13-9-14-5(11)3-6(12)15-9/h3H,2,4H2,1H3,(H,16,18,19)(H5,11,12,13,14,15). The van der Waals surface area contributed by atoms with E-state index in [4.69, 9.17) is 11.5 Å². The zero-order valence-electron chi connectivity index (χ0n) is 10.8. The SMILES string of the molecule is CCc1nnc(NC(=O)CNc2nc(N)cc(N)n2)s1. The monoisotopic (exact) mass is 294 g/mol. The van der Waals surface area contributed by atoms with E-state index in [0.717, 1.165) is 11.4 Å². The second-order valence-corrected chi connectivity index (χ2v) is 4.86. The van der Waals surface area contributed by atoms with Crippen molar-refractivity contribution in [3.8, 4) is 0 Å². The first-order valence-electron chi connectivity index (χ1n) is 5.83. The van der Waals surface area contributed by atoms with E-state index < -0.39 is 0 Å². The molecule has 2 heterocycles. The zero-order chi connectivity index (χ0) is 14.5. The van der Waals surface area contributed by atoms with Crippen molar-refractivity contribution in [3.05, 3.63) is 11.1 Å². The highest BCUT2D eigenvalue weighted by atomic mass is 32.1. The van der Waals surface area contributed by atoms with Crippen LogP contribution in [0.1, 0.15) is 11.9 Å². The first-order valence-corrected chi connectivity index (χ1v) is 6.64. The van der Waals surface area contributed by atoms with Gasteiger partial charge in [-0.3, -0.25) is 10.1 Å². The second kappa shape index (κ2) is 6.10. The molecule has 0 unspecified atom stereocenters. The summed E-state index contributed by atoms with van der Waals surface area (Å²) in [6.45, 7) is 1.94. The van der Waals surface area contributed by atoms with Crippen LogP contribution in [0.4, 0.5) is 22.7 Å². The Balaban J connectivity index is 1.88. The van der Waals surface area contributed by atoms with E-state index in [1.807, 2.05) is 6.92 Å². The summed E-state index contributed by atoms with van der Waals surface area (Å²) in [4.78, 5) is 19.5. The fraction of sp³-hybridized carbons (Fsp3) is 0.300. The Kier molecular flexibility index (Phi) is 4.25. The van der Waals surface area contributed by atoms with Crippen LogP contribution in [0.5, 0.6) is 0 Å². The van der Waals surface area contributed by atoms with Crippen LogP contribution in [0.3, 0.4) is 0 Å². The predicted molar refractivity (Wildman–Crippen MR) is 77.3 cm³/mol. The molecular weight excluding hydrogens is 280 g/mol. The lowest BCUT2D eigenvalue weighted by Crippen LogP contribution is -2.22. The summed E-state index contributed by atoms with van der Waals surface area (Å²) in [6.07, 6.45) is 0.780. The highest BCUT2D eigenvalue weighted by molar-refractivity contribution is 7.15. The molecular formula is C10H14N8OS. The molecule has 10 heteroatoms. The normalized spacial score (nSPS) is 10.2. The van der Waals surface area contributed by atoms with Crippen LogP contribution >= 0.6 is 11.3 Å². The van der Waals surface area contributed by atoms with E-state index >= 15 is 0 Å². The summed E-state index contributed by atoms with van der Waals surface area (Å²) >= 11 is 1.33. The van der Waals surface area contributed by atoms with Crippen LogP contribution in [0.25, 0.3) is 0 Å². The van der Waals surface area contributed by atoms with Gasteiger partial charge >= 0.3 is 0 Å². The molecule has 2 aromatic heterocycles. The first kappa shape index (κ1) is 13.9. The number of aromatic nitrogens is 4. The molecule has 0 aromatic carbocycles. The summed E-state index contributed by atoms with van der Waals surface area (Å²) < 4.78 is 0. The van der Waals surface area contributed by atoms with Gasteiger partial charge in [0, 0.05) is 6.07 Å². The molecule has 106 valence electrons. The average molecular weight is 294 g/mol. The molecule has 0 saturated heterocycles. The van der Waals surface area contributed by atoms with Gasteiger partial charge in [0.1, 0.15) is 16.6 Å². The quantitative estimate of drug-likeness (QED) is 0.607. The molecule has 2 rings (SSSR count). The maximum absolute atomic E-state index is 11.7. The molecule has 2 aromatic rings. The molecule has 0 spiro atoms. The second-order valence-electron chi connectivity index (χ2n) is 3.80. The van der Waals surface area contributed by atoms with Crippen molar-refractivity contribution in [2.24, 2.45) is 0 Å². The van der Waals surface area contributed by atoms with Gasteiger partial charge in [0.25, 0.3) is 0 Å². The smallest absolute Gasteiger partial charge is 0.245 e. The molecule has 0 fully saturated rings. The lowest BCUT2D eigenvalue weighted by molar-refractivity contribution is -0.114. The van der Waals surface area contributed by atoms with Crippen molar-refractivity contribution in [1.82, 2.24) is 20.2 Å². The Morgan fingerprint density at radius 2 is 2.00 bits per heavy atom. The number of carbonyl (C=O) groups is 1. The highest BCUT2D eigenvalue weighted by Crippen LogP contribution is 2.15. The molecule has 0 atom stereocenters. The van der Waals surface area contributed by atoms with Crippen LogP contribution < -0.4 is 22.1 Å². The van der Waals surface area contributed by atoms with Crippen LogP contribution in [-0.2, 0) is 11.2 Å². The van der Waals surface area contributed by atoms with Crippen molar-refractivity contribution in [3.63, 3.8) is 0 Å². The topological polar surface area (TPSA) is 145 Å². The van der Waals surface area contributed by atoms with Gasteiger partial charge in [-0.1, -0.05) is 18.3 Å². The summed E-state index contributed by atoms with van der Waals surface area (Å²) in [6, 6.07) is 1.43. The maximum Gasteiger partial charge on any atom is 0.245 e. The van der Waals surface area contributed by atoms with Crippen LogP contribution in [-0.4, -0.2) is 32.6 Å². The van der Waals surface area contributed by atoms with E-state index in [0.29, 0.717) is 5.13 Å². The number of carbonyl (C=O) groups excluding carboxylic acids is 1. The molecule has 0 aliphatic heterocycles. The zero-order valence-corrected chi connectivity index (χ0v) is 11.6. The van der Waals surface area contributed by atoms with E-state index in [9.17, 15) is 4.79 Å². The van der Waals surface area contributed by atoms with Crippen LogP contribution in [0.15, 0.2) is 6.07 Å².